The number of nitrogens with zero attached hydrogens (tertiary/aromatic N) is 2. The molecule has 5 heteroatoms. The Hall–Kier alpha value is -1.93. The monoisotopic (exact) mass is 318 g/mol. The predicted molar refractivity (Wildman–Crippen MR) is 88.9 cm³/mol. The Morgan fingerprint density at radius 3 is 2.52 bits per heavy atom. The zero-order valence-electron chi connectivity index (χ0n) is 14.6. The minimum Gasteiger partial charge on any atom is -0.461 e. The zero-order valence-corrected chi connectivity index (χ0v) is 14.6. The average molecular weight is 318 g/mol. The van der Waals surface area contributed by atoms with Crippen LogP contribution in [0.15, 0.2) is 6.07 Å². The Bertz CT molecular complexity index is 586. The summed E-state index contributed by atoms with van der Waals surface area (Å²) in [4.78, 5) is 11.8. The maximum absolute atomic E-state index is 11.8. The third kappa shape index (κ3) is 6.79. The molecule has 0 aliphatic carbocycles. The Morgan fingerprint density at radius 2 is 1.96 bits per heavy atom. The molecule has 0 saturated heterocycles. The van der Waals surface area contributed by atoms with Gasteiger partial charge in [-0.3, -0.25) is 0 Å². The van der Waals surface area contributed by atoms with Gasteiger partial charge in [-0.25, -0.2) is 4.79 Å². The summed E-state index contributed by atoms with van der Waals surface area (Å²) in [7, 11) is 0. The van der Waals surface area contributed by atoms with Crippen LogP contribution in [0.1, 0.15) is 62.8 Å². The van der Waals surface area contributed by atoms with Crippen LogP contribution in [0.4, 0.5) is 0 Å². The summed E-state index contributed by atoms with van der Waals surface area (Å²) < 4.78 is 4.95. The first-order valence-corrected chi connectivity index (χ1v) is 8.06. The summed E-state index contributed by atoms with van der Waals surface area (Å²) >= 11 is 0. The minimum atomic E-state index is -0.687. The number of aromatic nitrogens is 2. The maximum Gasteiger partial charge on any atom is 0.358 e. The van der Waals surface area contributed by atoms with Gasteiger partial charge in [0.1, 0.15) is 11.8 Å². The molecule has 5 nitrogen and oxygen atoms in total. The van der Waals surface area contributed by atoms with Gasteiger partial charge < -0.3 is 9.84 Å². The summed E-state index contributed by atoms with van der Waals surface area (Å²) in [5.41, 5.74) is 1.55. The van der Waals surface area contributed by atoms with Gasteiger partial charge in [-0.15, -0.1) is 10.2 Å². The van der Waals surface area contributed by atoms with Gasteiger partial charge in [0.05, 0.1) is 6.61 Å². The van der Waals surface area contributed by atoms with Gasteiger partial charge in [0, 0.05) is 0 Å². The number of hydrogen-bond donors (Lipinski definition) is 1. The molecule has 1 N–H and O–H groups in total. The molecule has 0 fully saturated rings. The van der Waals surface area contributed by atoms with E-state index in [1.165, 1.54) is 0 Å². The lowest BCUT2D eigenvalue weighted by Crippen LogP contribution is -2.12. The largest absolute Gasteiger partial charge is 0.461 e. The van der Waals surface area contributed by atoms with E-state index >= 15 is 0 Å². The van der Waals surface area contributed by atoms with Crippen molar-refractivity contribution in [2.45, 2.75) is 53.6 Å². The maximum atomic E-state index is 11.8. The summed E-state index contributed by atoms with van der Waals surface area (Å²) in [5.74, 6) is 5.97. The number of rotatable bonds is 6. The lowest BCUT2D eigenvalue weighted by atomic mass is 10.0. The molecular formula is C18H26N2O3. The Labute approximate surface area is 138 Å². The molecule has 0 aliphatic heterocycles. The van der Waals surface area contributed by atoms with Crippen molar-refractivity contribution in [2.75, 3.05) is 6.61 Å². The fourth-order valence-corrected chi connectivity index (χ4v) is 2.09. The van der Waals surface area contributed by atoms with Gasteiger partial charge in [-0.05, 0) is 49.2 Å². The average Bonchev–Trinajstić information content (AvgIpc) is 2.44. The number of carbonyl (C=O) groups excluding carboxylic acids is 1. The molecule has 0 aromatic carbocycles. The highest BCUT2D eigenvalue weighted by atomic mass is 16.5. The number of aliphatic hydroxyl groups is 1. The van der Waals surface area contributed by atoms with Crippen LogP contribution in [0.3, 0.4) is 0 Å². The molecule has 0 aliphatic rings. The third-order valence-electron chi connectivity index (χ3n) is 3.04. The molecule has 1 atom stereocenters. The number of esters is 1. The van der Waals surface area contributed by atoms with Crippen molar-refractivity contribution in [3.05, 3.63) is 23.0 Å². The van der Waals surface area contributed by atoms with Crippen LogP contribution in [0.2, 0.25) is 0 Å². The van der Waals surface area contributed by atoms with Crippen molar-refractivity contribution in [2.24, 2.45) is 11.8 Å². The molecule has 126 valence electrons. The molecular weight excluding hydrogens is 292 g/mol. The fraction of sp³-hybridized carbons (Fsp3) is 0.611. The number of ether oxygens (including phenoxy) is 1. The molecule has 0 bridgehead atoms. The van der Waals surface area contributed by atoms with E-state index in [0.717, 1.165) is 12.0 Å². The summed E-state index contributed by atoms with van der Waals surface area (Å²) in [6, 6.07) is 1.68. The van der Waals surface area contributed by atoms with Crippen molar-refractivity contribution in [1.29, 1.82) is 0 Å². The van der Waals surface area contributed by atoms with E-state index in [1.54, 1.807) is 13.0 Å². The van der Waals surface area contributed by atoms with Gasteiger partial charge in [0.15, 0.2) is 5.69 Å². The zero-order chi connectivity index (χ0) is 17.4. The first-order chi connectivity index (χ1) is 10.8. The van der Waals surface area contributed by atoms with Crippen LogP contribution in [-0.2, 0) is 11.2 Å². The minimum absolute atomic E-state index is 0.191. The van der Waals surface area contributed by atoms with Crippen molar-refractivity contribution in [3.63, 3.8) is 0 Å². The fourth-order valence-electron chi connectivity index (χ4n) is 2.09. The lowest BCUT2D eigenvalue weighted by molar-refractivity contribution is 0.0518. The number of hydrogen-bond acceptors (Lipinski definition) is 5. The molecule has 1 unspecified atom stereocenters. The van der Waals surface area contributed by atoms with E-state index in [4.69, 9.17) is 4.74 Å². The van der Waals surface area contributed by atoms with Crippen molar-refractivity contribution in [1.82, 2.24) is 10.2 Å². The molecule has 0 amide bonds. The first kappa shape index (κ1) is 19.1. The molecule has 23 heavy (non-hydrogen) atoms. The number of carbonyl (C=O) groups is 1. The van der Waals surface area contributed by atoms with Crippen LogP contribution in [-0.4, -0.2) is 34.0 Å². The first-order valence-electron chi connectivity index (χ1n) is 8.06. The van der Waals surface area contributed by atoms with E-state index in [2.05, 4.69) is 35.9 Å². The van der Waals surface area contributed by atoms with Gasteiger partial charge in [-0.2, -0.15) is 0 Å². The Kier molecular flexibility index (Phi) is 7.70. The van der Waals surface area contributed by atoms with Crippen molar-refractivity contribution in [3.8, 4) is 11.8 Å². The standard InChI is InChI=1S/C18H26N2O3/c1-6-23-18(22)17-11-14(9-12(2)3)16(19-20-17)8-7-15(21)10-13(4)5/h11-13,15,21H,6,9-10H2,1-5H3. The van der Waals surface area contributed by atoms with Crippen LogP contribution in [0, 0.1) is 23.7 Å². The van der Waals surface area contributed by atoms with Crippen molar-refractivity contribution < 1.29 is 14.6 Å². The normalized spacial score (nSPS) is 12.0. The van der Waals surface area contributed by atoms with Crippen LogP contribution >= 0.6 is 0 Å². The van der Waals surface area contributed by atoms with E-state index in [0.29, 0.717) is 30.6 Å². The quantitative estimate of drug-likeness (QED) is 0.645. The topological polar surface area (TPSA) is 72.3 Å². The second-order valence-corrected chi connectivity index (χ2v) is 6.34. The van der Waals surface area contributed by atoms with Crippen LogP contribution < -0.4 is 0 Å². The molecule has 1 aromatic heterocycles. The van der Waals surface area contributed by atoms with Gasteiger partial charge in [0.2, 0.25) is 0 Å². The van der Waals surface area contributed by atoms with Crippen molar-refractivity contribution >= 4 is 5.97 Å². The molecule has 0 spiro atoms. The molecule has 1 rings (SSSR count). The Balaban J connectivity index is 3.06. The van der Waals surface area contributed by atoms with E-state index < -0.39 is 12.1 Å². The van der Waals surface area contributed by atoms with Gasteiger partial charge in [0.25, 0.3) is 0 Å². The van der Waals surface area contributed by atoms with E-state index in [1.807, 2.05) is 13.8 Å². The molecule has 1 aromatic rings. The SMILES string of the molecule is CCOC(=O)c1cc(CC(C)C)c(C#CC(O)CC(C)C)nn1. The third-order valence-corrected chi connectivity index (χ3v) is 3.04. The smallest absolute Gasteiger partial charge is 0.358 e. The second-order valence-electron chi connectivity index (χ2n) is 6.34. The summed E-state index contributed by atoms with van der Waals surface area (Å²) in [6.45, 7) is 10.3. The number of aliphatic hydroxyl groups excluding tert-OH is 1. The summed E-state index contributed by atoms with van der Waals surface area (Å²) in [6.07, 6.45) is 0.654. The summed E-state index contributed by atoms with van der Waals surface area (Å²) in [5, 5.41) is 17.8. The van der Waals surface area contributed by atoms with Gasteiger partial charge >= 0.3 is 5.97 Å². The van der Waals surface area contributed by atoms with Crippen LogP contribution in [0.25, 0.3) is 0 Å². The van der Waals surface area contributed by atoms with E-state index in [-0.39, 0.29) is 5.69 Å². The predicted octanol–water partition coefficient (Wildman–Crippen LogP) is 2.61. The molecule has 0 saturated carbocycles. The van der Waals surface area contributed by atoms with Gasteiger partial charge in [-0.1, -0.05) is 33.6 Å². The Morgan fingerprint density at radius 1 is 1.26 bits per heavy atom. The van der Waals surface area contributed by atoms with Crippen LogP contribution in [0.5, 0.6) is 0 Å². The highest BCUT2D eigenvalue weighted by molar-refractivity contribution is 5.87. The molecule has 1 heterocycles. The highest BCUT2D eigenvalue weighted by Gasteiger charge is 2.14. The van der Waals surface area contributed by atoms with E-state index in [9.17, 15) is 9.90 Å². The second kappa shape index (κ2) is 9.26. The highest BCUT2D eigenvalue weighted by Crippen LogP contribution is 2.13. The molecule has 0 radical (unpaired) electrons. The lowest BCUT2D eigenvalue weighted by Gasteiger charge is -2.09.